The third-order valence-electron chi connectivity index (χ3n) is 6.15. The lowest BCUT2D eigenvalue weighted by atomic mass is 9.71. The van der Waals surface area contributed by atoms with Gasteiger partial charge in [-0.1, -0.05) is 31.4 Å². The van der Waals surface area contributed by atoms with Crippen LogP contribution in [-0.4, -0.2) is 36.5 Å². The first-order valence-corrected chi connectivity index (χ1v) is 10.0. The van der Waals surface area contributed by atoms with Crippen molar-refractivity contribution in [1.82, 2.24) is 10.2 Å². The Morgan fingerprint density at radius 3 is 2.29 bits per heavy atom. The number of nitrogens with two attached hydrogens (primary N) is 1. The van der Waals surface area contributed by atoms with Gasteiger partial charge in [-0.3, -0.25) is 9.69 Å². The fourth-order valence-corrected chi connectivity index (χ4v) is 4.46. The molecule has 3 rings (SSSR count). The van der Waals surface area contributed by atoms with Gasteiger partial charge in [-0.2, -0.15) is 0 Å². The molecule has 1 aliphatic carbocycles. The van der Waals surface area contributed by atoms with Gasteiger partial charge < -0.3 is 11.1 Å². The first-order chi connectivity index (χ1) is 12.6. The second-order valence-corrected chi connectivity index (χ2v) is 8.19. The van der Waals surface area contributed by atoms with Gasteiger partial charge in [0, 0.05) is 32.1 Å². The average molecular weight is 434 g/mol. The van der Waals surface area contributed by atoms with Crippen LogP contribution in [0, 0.1) is 11.2 Å². The summed E-state index contributed by atoms with van der Waals surface area (Å²) in [6.07, 6.45) is 8.39. The van der Waals surface area contributed by atoms with E-state index in [2.05, 4.69) is 10.2 Å². The molecule has 1 aliphatic heterocycles. The molecule has 1 aromatic carbocycles. The lowest BCUT2D eigenvalue weighted by Gasteiger charge is -2.37. The molecule has 0 aromatic heterocycles. The minimum Gasteiger partial charge on any atom is -0.353 e. The Bertz CT molecular complexity index is 586. The molecular weight excluding hydrogens is 400 g/mol. The van der Waals surface area contributed by atoms with E-state index in [9.17, 15) is 9.18 Å². The zero-order valence-electron chi connectivity index (χ0n) is 16.5. The summed E-state index contributed by atoms with van der Waals surface area (Å²) in [5, 5.41) is 3.25. The molecule has 4 nitrogen and oxygen atoms in total. The number of halogens is 3. The zero-order chi connectivity index (χ0) is 18.4. The van der Waals surface area contributed by atoms with Crippen LogP contribution in [0.3, 0.4) is 0 Å². The van der Waals surface area contributed by atoms with Crippen LogP contribution in [-0.2, 0) is 11.3 Å². The van der Waals surface area contributed by atoms with Crippen LogP contribution in [0.4, 0.5) is 4.39 Å². The van der Waals surface area contributed by atoms with Gasteiger partial charge in [-0.25, -0.2) is 4.39 Å². The Balaban J connectivity index is 0.00000196. The Morgan fingerprint density at radius 1 is 1.11 bits per heavy atom. The van der Waals surface area contributed by atoms with Gasteiger partial charge in [0.15, 0.2) is 0 Å². The normalized spacial score (nSPS) is 19.9. The third kappa shape index (κ3) is 7.18. The number of carbonyl (C=O) groups is 1. The third-order valence-corrected chi connectivity index (χ3v) is 6.15. The highest BCUT2D eigenvalue weighted by Gasteiger charge is 2.33. The molecule has 0 radical (unpaired) electrons. The summed E-state index contributed by atoms with van der Waals surface area (Å²) in [5.74, 6) is -0.0160. The predicted molar refractivity (Wildman–Crippen MR) is 117 cm³/mol. The molecule has 7 heteroatoms. The monoisotopic (exact) mass is 433 g/mol. The number of benzene rings is 1. The molecule has 3 N–H and O–H groups in total. The van der Waals surface area contributed by atoms with E-state index in [1.165, 1.54) is 31.4 Å². The van der Waals surface area contributed by atoms with E-state index in [4.69, 9.17) is 5.73 Å². The smallest absolute Gasteiger partial charge is 0.220 e. The molecule has 1 heterocycles. The quantitative estimate of drug-likeness (QED) is 0.710. The lowest BCUT2D eigenvalue weighted by Crippen LogP contribution is -2.46. The summed E-state index contributed by atoms with van der Waals surface area (Å²) >= 11 is 0. The van der Waals surface area contributed by atoms with Crippen LogP contribution in [0.15, 0.2) is 24.3 Å². The molecule has 0 bridgehead atoms. The summed E-state index contributed by atoms with van der Waals surface area (Å²) < 4.78 is 13.0. The molecule has 2 aliphatic rings. The summed E-state index contributed by atoms with van der Waals surface area (Å²) in [7, 11) is 0. The summed E-state index contributed by atoms with van der Waals surface area (Å²) in [6, 6.07) is 6.99. The van der Waals surface area contributed by atoms with Crippen molar-refractivity contribution in [2.45, 2.75) is 64.0 Å². The highest BCUT2D eigenvalue weighted by Crippen LogP contribution is 2.38. The van der Waals surface area contributed by atoms with Crippen LogP contribution < -0.4 is 11.1 Å². The van der Waals surface area contributed by atoms with Crippen LogP contribution in [0.5, 0.6) is 0 Å². The second kappa shape index (κ2) is 12.0. The number of likely N-dealkylation sites (tertiary alicyclic amines) is 1. The largest absolute Gasteiger partial charge is 0.353 e. The van der Waals surface area contributed by atoms with Crippen molar-refractivity contribution in [3.8, 4) is 0 Å². The average Bonchev–Trinajstić information content (AvgIpc) is 2.66. The Labute approximate surface area is 180 Å². The maximum atomic E-state index is 13.0. The fraction of sp³-hybridized carbons (Fsp3) is 0.667. The molecular formula is C21H34Cl2FN3O. The van der Waals surface area contributed by atoms with Crippen molar-refractivity contribution in [3.63, 3.8) is 0 Å². The first-order valence-electron chi connectivity index (χ1n) is 10.0. The molecule has 160 valence electrons. The highest BCUT2D eigenvalue weighted by atomic mass is 35.5. The number of piperidine rings is 1. The Morgan fingerprint density at radius 2 is 1.71 bits per heavy atom. The molecule has 0 atom stereocenters. The molecule has 0 unspecified atom stereocenters. The number of hydrogen-bond donors (Lipinski definition) is 2. The van der Waals surface area contributed by atoms with E-state index in [0.29, 0.717) is 13.0 Å². The molecule has 28 heavy (non-hydrogen) atoms. The predicted octanol–water partition coefficient (Wildman–Crippen LogP) is 4.05. The van der Waals surface area contributed by atoms with Crippen molar-refractivity contribution in [2.24, 2.45) is 11.1 Å². The van der Waals surface area contributed by atoms with E-state index >= 15 is 0 Å². The van der Waals surface area contributed by atoms with Gasteiger partial charge in [-0.15, -0.1) is 24.8 Å². The van der Waals surface area contributed by atoms with Crippen molar-refractivity contribution in [2.75, 3.05) is 19.6 Å². The second-order valence-electron chi connectivity index (χ2n) is 8.19. The van der Waals surface area contributed by atoms with Gasteiger partial charge >= 0.3 is 0 Å². The number of rotatable bonds is 6. The maximum absolute atomic E-state index is 13.0. The zero-order valence-corrected chi connectivity index (χ0v) is 18.1. The molecule has 2 fully saturated rings. The summed E-state index contributed by atoms with van der Waals surface area (Å²) in [5.41, 5.74) is 7.18. The van der Waals surface area contributed by atoms with E-state index in [1.807, 2.05) is 12.1 Å². The Kier molecular flexibility index (Phi) is 10.7. The summed E-state index contributed by atoms with van der Waals surface area (Å²) in [4.78, 5) is 14.9. The van der Waals surface area contributed by atoms with E-state index in [1.54, 1.807) is 0 Å². The highest BCUT2D eigenvalue weighted by molar-refractivity contribution is 5.85. The number of hydrogen-bond acceptors (Lipinski definition) is 3. The molecule has 1 amide bonds. The minimum absolute atomic E-state index is 0. The van der Waals surface area contributed by atoms with Gasteiger partial charge in [0.25, 0.3) is 0 Å². The van der Waals surface area contributed by atoms with Crippen molar-refractivity contribution in [3.05, 3.63) is 35.6 Å². The van der Waals surface area contributed by atoms with Gasteiger partial charge in [0.1, 0.15) is 5.82 Å². The fourth-order valence-electron chi connectivity index (χ4n) is 4.46. The van der Waals surface area contributed by atoms with E-state index < -0.39 is 0 Å². The van der Waals surface area contributed by atoms with Crippen LogP contribution in [0.25, 0.3) is 0 Å². The SMILES string of the molecule is Cl.Cl.NCC1(CC(=O)NC2CCN(Cc3ccc(F)cc3)CC2)CCCCC1. The maximum Gasteiger partial charge on any atom is 0.220 e. The summed E-state index contributed by atoms with van der Waals surface area (Å²) in [6.45, 7) is 3.39. The number of carbonyl (C=O) groups excluding carboxylic acids is 1. The van der Waals surface area contributed by atoms with Crippen LogP contribution in [0.1, 0.15) is 56.9 Å². The van der Waals surface area contributed by atoms with Crippen LogP contribution >= 0.6 is 24.8 Å². The van der Waals surface area contributed by atoms with Crippen LogP contribution in [0.2, 0.25) is 0 Å². The molecule has 1 saturated heterocycles. The Hall–Kier alpha value is -0.880. The number of amides is 1. The van der Waals surface area contributed by atoms with E-state index in [-0.39, 0.29) is 48.0 Å². The van der Waals surface area contributed by atoms with Gasteiger partial charge in [0.05, 0.1) is 0 Å². The minimum atomic E-state index is -0.191. The standard InChI is InChI=1S/C21H32FN3O.2ClH/c22-18-6-4-17(5-7-18)15-25-12-8-19(9-13-25)24-20(26)14-21(16-23)10-2-1-3-11-21;;/h4-7,19H,1-3,8-16,23H2,(H,24,26);2*1H. The number of nitrogens with zero attached hydrogens (tertiary/aromatic N) is 1. The molecule has 1 saturated carbocycles. The van der Waals surface area contributed by atoms with Crippen molar-refractivity contribution in [1.29, 1.82) is 0 Å². The van der Waals surface area contributed by atoms with E-state index in [0.717, 1.165) is 50.9 Å². The van der Waals surface area contributed by atoms with Crippen molar-refractivity contribution >= 4 is 30.7 Å². The number of nitrogens with one attached hydrogen (secondary N) is 1. The topological polar surface area (TPSA) is 58.4 Å². The van der Waals surface area contributed by atoms with Gasteiger partial charge in [-0.05, 0) is 55.3 Å². The first kappa shape index (κ1) is 25.2. The van der Waals surface area contributed by atoms with Gasteiger partial charge in [0.2, 0.25) is 5.91 Å². The molecule has 1 aromatic rings. The molecule has 0 spiro atoms. The lowest BCUT2D eigenvalue weighted by molar-refractivity contribution is -0.124. The van der Waals surface area contributed by atoms with Crippen molar-refractivity contribution < 1.29 is 9.18 Å².